The van der Waals surface area contributed by atoms with Crippen LogP contribution in [0.1, 0.15) is 40.5 Å². The maximum Gasteiger partial charge on any atom is 0.213 e. The molecule has 3 heterocycles. The van der Waals surface area contributed by atoms with E-state index < -0.39 is 0 Å². The zero-order valence-corrected chi connectivity index (χ0v) is 22.9. The lowest BCUT2D eigenvalue weighted by Crippen LogP contribution is -2.44. The molecule has 8 heteroatoms. The number of piperidine rings is 1. The summed E-state index contributed by atoms with van der Waals surface area (Å²) in [7, 11) is 1.72. The molecule has 4 rings (SSSR count). The molecule has 2 aliphatic heterocycles. The number of methoxy groups -OCH3 is 1. The summed E-state index contributed by atoms with van der Waals surface area (Å²) in [6.45, 7) is 12.9. The third-order valence-electron chi connectivity index (χ3n) is 7.76. The number of rotatable bonds is 11. The van der Waals surface area contributed by atoms with E-state index in [0.717, 1.165) is 38.3 Å². The van der Waals surface area contributed by atoms with Gasteiger partial charge >= 0.3 is 0 Å². The Morgan fingerprint density at radius 3 is 2.59 bits per heavy atom. The average molecular weight is 516 g/mol. The summed E-state index contributed by atoms with van der Waals surface area (Å²) < 4.78 is 37.7. The fourth-order valence-corrected chi connectivity index (χ4v) is 5.38. The van der Waals surface area contributed by atoms with Crippen LogP contribution in [0.3, 0.4) is 0 Å². The Morgan fingerprint density at radius 1 is 1.05 bits per heavy atom. The summed E-state index contributed by atoms with van der Waals surface area (Å²) in [6, 6.07) is 9.37. The minimum absolute atomic E-state index is 0.0309. The highest BCUT2D eigenvalue weighted by atomic mass is 19.1. The molecule has 2 aliphatic rings. The molecule has 0 saturated carbocycles. The molecule has 0 aliphatic carbocycles. The second-order valence-corrected chi connectivity index (χ2v) is 10.3. The molecule has 1 aromatic heterocycles. The van der Waals surface area contributed by atoms with Gasteiger partial charge in [-0.1, -0.05) is 13.8 Å². The van der Waals surface area contributed by atoms with Crippen molar-refractivity contribution in [2.45, 2.75) is 58.8 Å². The van der Waals surface area contributed by atoms with Crippen LogP contribution < -0.4 is 19.3 Å². The Kier molecular flexibility index (Phi) is 9.49. The smallest absolute Gasteiger partial charge is 0.213 e. The molecule has 2 saturated heterocycles. The first-order chi connectivity index (χ1) is 17.9. The molecule has 2 aromatic rings. The van der Waals surface area contributed by atoms with Gasteiger partial charge in [-0.2, -0.15) is 0 Å². The van der Waals surface area contributed by atoms with E-state index >= 15 is 0 Å². The first-order valence-corrected chi connectivity index (χ1v) is 13.6. The van der Waals surface area contributed by atoms with Gasteiger partial charge in [0.05, 0.1) is 30.3 Å². The van der Waals surface area contributed by atoms with Crippen LogP contribution >= 0.6 is 0 Å². The van der Waals surface area contributed by atoms with Crippen molar-refractivity contribution in [1.82, 2.24) is 4.98 Å². The van der Waals surface area contributed by atoms with Crippen molar-refractivity contribution in [1.29, 1.82) is 0 Å². The molecule has 0 spiro atoms. The predicted molar refractivity (Wildman–Crippen MR) is 144 cm³/mol. The largest absolute Gasteiger partial charge is 0.494 e. The first kappa shape index (κ1) is 27.5. The van der Waals surface area contributed by atoms with Crippen molar-refractivity contribution >= 4 is 11.4 Å². The summed E-state index contributed by atoms with van der Waals surface area (Å²) in [6.07, 6.45) is 3.84. The molecule has 0 bridgehead atoms. The van der Waals surface area contributed by atoms with Crippen LogP contribution in [0.2, 0.25) is 0 Å². The third-order valence-corrected chi connectivity index (χ3v) is 7.76. The highest BCUT2D eigenvalue weighted by molar-refractivity contribution is 5.53. The standard InChI is InChI=1S/C29H42FN3O4/c1-6-35-24-9-10-25(30)26(16-24)32-13-12-27(20(2)18-32)37-29-11-8-23(17-31-29)33-19-28(21(3)22(33)4)36-15-7-14-34-5/h8-11,16-17,20-22,27-28H,6-7,12-15,18-19H2,1-5H3/t20?,21-,22-,27?,28-/m0/s1. The van der Waals surface area contributed by atoms with Gasteiger partial charge in [0.25, 0.3) is 0 Å². The van der Waals surface area contributed by atoms with E-state index in [-0.39, 0.29) is 23.9 Å². The maximum absolute atomic E-state index is 14.5. The molecule has 37 heavy (non-hydrogen) atoms. The highest BCUT2D eigenvalue weighted by Crippen LogP contribution is 2.33. The molecule has 0 amide bonds. The van der Waals surface area contributed by atoms with Gasteiger partial charge in [-0.3, -0.25) is 0 Å². The molecule has 0 radical (unpaired) electrons. The van der Waals surface area contributed by atoms with Crippen molar-refractivity contribution in [2.24, 2.45) is 11.8 Å². The van der Waals surface area contributed by atoms with Crippen LogP contribution in [0.5, 0.6) is 11.6 Å². The van der Waals surface area contributed by atoms with Crippen molar-refractivity contribution < 1.29 is 23.3 Å². The van der Waals surface area contributed by atoms with Crippen LogP contribution in [-0.4, -0.2) is 69.8 Å². The number of anilines is 2. The number of aromatic nitrogens is 1. The number of hydrogen-bond acceptors (Lipinski definition) is 7. The van der Waals surface area contributed by atoms with Crippen LogP contribution in [0.15, 0.2) is 36.5 Å². The molecule has 0 N–H and O–H groups in total. The van der Waals surface area contributed by atoms with Crippen molar-refractivity contribution in [3.8, 4) is 11.6 Å². The van der Waals surface area contributed by atoms with Crippen molar-refractivity contribution in [3.63, 3.8) is 0 Å². The van der Waals surface area contributed by atoms with Gasteiger partial charge in [0.2, 0.25) is 5.88 Å². The van der Waals surface area contributed by atoms with Crippen LogP contribution in [0.25, 0.3) is 0 Å². The Bertz CT molecular complexity index is 992. The quantitative estimate of drug-likeness (QED) is 0.382. The number of ether oxygens (including phenoxy) is 4. The van der Waals surface area contributed by atoms with Gasteiger partial charge in [-0.15, -0.1) is 0 Å². The van der Waals surface area contributed by atoms with E-state index in [1.165, 1.54) is 6.07 Å². The van der Waals surface area contributed by atoms with E-state index in [9.17, 15) is 4.39 Å². The van der Waals surface area contributed by atoms with Crippen LogP contribution in [-0.2, 0) is 9.47 Å². The van der Waals surface area contributed by atoms with Gasteiger partial charge in [-0.25, -0.2) is 9.37 Å². The average Bonchev–Trinajstić information content (AvgIpc) is 3.18. The molecule has 2 unspecified atom stereocenters. The minimum atomic E-state index is -0.222. The second kappa shape index (κ2) is 12.8. The monoisotopic (exact) mass is 515 g/mol. The summed E-state index contributed by atoms with van der Waals surface area (Å²) in [5.41, 5.74) is 1.68. The number of benzene rings is 1. The van der Waals surface area contributed by atoms with Gasteiger partial charge in [0, 0.05) is 76.4 Å². The van der Waals surface area contributed by atoms with Crippen molar-refractivity contribution in [2.75, 3.05) is 56.4 Å². The van der Waals surface area contributed by atoms with Crippen LogP contribution in [0, 0.1) is 17.7 Å². The normalized spacial score (nSPS) is 25.9. The molecule has 7 nitrogen and oxygen atoms in total. The lowest BCUT2D eigenvalue weighted by atomic mass is 9.96. The summed E-state index contributed by atoms with van der Waals surface area (Å²) in [5, 5.41) is 0. The Labute approximate surface area is 220 Å². The van der Waals surface area contributed by atoms with Crippen LogP contribution in [0.4, 0.5) is 15.8 Å². The molecule has 2 fully saturated rings. The summed E-state index contributed by atoms with van der Waals surface area (Å²) in [4.78, 5) is 9.09. The van der Waals surface area contributed by atoms with E-state index in [1.807, 2.05) is 19.2 Å². The Balaban J connectivity index is 1.32. The lowest BCUT2D eigenvalue weighted by molar-refractivity contribution is 0.0277. The van der Waals surface area contributed by atoms with Gasteiger partial charge in [0.1, 0.15) is 17.7 Å². The fraction of sp³-hybridized carbons (Fsp3) is 0.621. The number of hydrogen-bond donors (Lipinski definition) is 0. The molecule has 5 atom stereocenters. The van der Waals surface area contributed by atoms with E-state index in [2.05, 4.69) is 41.6 Å². The molecular formula is C29H42FN3O4. The number of halogens is 1. The second-order valence-electron chi connectivity index (χ2n) is 10.3. The van der Waals surface area contributed by atoms with Crippen molar-refractivity contribution in [3.05, 3.63) is 42.3 Å². The maximum atomic E-state index is 14.5. The number of nitrogens with zero attached hydrogens (tertiary/aromatic N) is 3. The summed E-state index contributed by atoms with van der Waals surface area (Å²) >= 11 is 0. The predicted octanol–water partition coefficient (Wildman–Crippen LogP) is 5.18. The Morgan fingerprint density at radius 2 is 1.89 bits per heavy atom. The van der Waals surface area contributed by atoms with Gasteiger partial charge in [-0.05, 0) is 38.5 Å². The van der Waals surface area contributed by atoms with Gasteiger partial charge in [0.15, 0.2) is 0 Å². The number of pyridine rings is 1. The van der Waals surface area contributed by atoms with Gasteiger partial charge < -0.3 is 28.7 Å². The Hall–Kier alpha value is -2.58. The lowest BCUT2D eigenvalue weighted by Gasteiger charge is -2.38. The van der Waals surface area contributed by atoms with E-state index in [4.69, 9.17) is 18.9 Å². The third kappa shape index (κ3) is 6.65. The van der Waals surface area contributed by atoms with E-state index in [1.54, 1.807) is 19.2 Å². The zero-order valence-electron chi connectivity index (χ0n) is 22.9. The van der Waals surface area contributed by atoms with E-state index in [0.29, 0.717) is 49.0 Å². The molecule has 204 valence electrons. The molecule has 1 aromatic carbocycles. The topological polar surface area (TPSA) is 56.3 Å². The fourth-order valence-electron chi connectivity index (χ4n) is 5.38. The first-order valence-electron chi connectivity index (χ1n) is 13.6. The molecular weight excluding hydrogens is 473 g/mol. The SMILES string of the molecule is CCOc1ccc(F)c(N2CCC(Oc3ccc(N4C[C@H](OCCCOC)[C@@H](C)[C@@H]4C)cn3)C(C)C2)c1. The highest BCUT2D eigenvalue weighted by Gasteiger charge is 2.37. The summed E-state index contributed by atoms with van der Waals surface area (Å²) in [5.74, 6) is 1.76. The zero-order chi connectivity index (χ0) is 26.4. The minimum Gasteiger partial charge on any atom is -0.494 e.